The lowest BCUT2D eigenvalue weighted by atomic mass is 10.2. The number of ether oxygens (including phenoxy) is 1. The fourth-order valence-electron chi connectivity index (χ4n) is 1.86. The van der Waals surface area contributed by atoms with Crippen molar-refractivity contribution in [3.05, 3.63) is 29.8 Å². The van der Waals surface area contributed by atoms with Gasteiger partial charge < -0.3 is 4.74 Å². The predicted octanol–water partition coefficient (Wildman–Crippen LogP) is 1.40. The summed E-state index contributed by atoms with van der Waals surface area (Å²) in [6.45, 7) is 5.15. The maximum absolute atomic E-state index is 12.3. The molecule has 0 radical (unpaired) electrons. The molecule has 2 rings (SSSR count). The van der Waals surface area contributed by atoms with Gasteiger partial charge in [-0.05, 0) is 26.0 Å². The summed E-state index contributed by atoms with van der Waals surface area (Å²) in [6, 6.07) is 6.95. The SMILES string of the molecule is Cc1ccc(S(=O)(=O)N2CCO[C@@H](C)C2)cc1. The van der Waals surface area contributed by atoms with Crippen molar-refractivity contribution >= 4 is 10.0 Å². The third-order valence-corrected chi connectivity index (χ3v) is 4.74. The molecule has 0 aliphatic carbocycles. The van der Waals surface area contributed by atoms with Gasteiger partial charge in [-0.2, -0.15) is 4.31 Å². The van der Waals surface area contributed by atoms with Crippen molar-refractivity contribution in [3.8, 4) is 0 Å². The Morgan fingerprint density at radius 1 is 1.29 bits per heavy atom. The van der Waals surface area contributed by atoms with E-state index in [0.717, 1.165) is 5.56 Å². The van der Waals surface area contributed by atoms with Crippen LogP contribution in [0.5, 0.6) is 0 Å². The molecule has 0 N–H and O–H groups in total. The Morgan fingerprint density at radius 2 is 1.94 bits per heavy atom. The van der Waals surface area contributed by atoms with Gasteiger partial charge in [-0.25, -0.2) is 8.42 Å². The minimum absolute atomic E-state index is 0.0380. The van der Waals surface area contributed by atoms with E-state index in [0.29, 0.717) is 24.6 Å². The first-order valence-electron chi connectivity index (χ1n) is 5.68. The molecule has 5 heteroatoms. The van der Waals surface area contributed by atoms with E-state index in [1.807, 2.05) is 26.0 Å². The van der Waals surface area contributed by atoms with Crippen molar-refractivity contribution in [3.63, 3.8) is 0 Å². The van der Waals surface area contributed by atoms with E-state index in [9.17, 15) is 8.42 Å². The van der Waals surface area contributed by atoms with Crippen molar-refractivity contribution in [2.45, 2.75) is 24.8 Å². The first kappa shape index (κ1) is 12.5. The minimum Gasteiger partial charge on any atom is -0.376 e. The zero-order chi connectivity index (χ0) is 12.5. The molecule has 1 aliphatic rings. The zero-order valence-electron chi connectivity index (χ0n) is 10.1. The molecule has 0 bridgehead atoms. The van der Waals surface area contributed by atoms with Crippen LogP contribution < -0.4 is 0 Å². The molecule has 1 aromatic carbocycles. The first-order chi connectivity index (χ1) is 8.00. The highest BCUT2D eigenvalue weighted by molar-refractivity contribution is 7.89. The minimum atomic E-state index is -3.36. The Morgan fingerprint density at radius 3 is 2.53 bits per heavy atom. The maximum atomic E-state index is 12.3. The average Bonchev–Trinajstić information content (AvgIpc) is 2.29. The molecule has 17 heavy (non-hydrogen) atoms. The second-order valence-electron chi connectivity index (χ2n) is 4.36. The van der Waals surface area contributed by atoms with Gasteiger partial charge in [-0.1, -0.05) is 17.7 Å². The molecule has 0 saturated carbocycles. The monoisotopic (exact) mass is 255 g/mol. The van der Waals surface area contributed by atoms with Gasteiger partial charge in [0.05, 0.1) is 17.6 Å². The lowest BCUT2D eigenvalue weighted by Crippen LogP contribution is -2.44. The third-order valence-electron chi connectivity index (χ3n) is 2.86. The summed E-state index contributed by atoms with van der Waals surface area (Å²) < 4.78 is 31.5. The van der Waals surface area contributed by atoms with Crippen LogP contribution in [0.15, 0.2) is 29.2 Å². The predicted molar refractivity (Wildman–Crippen MR) is 65.4 cm³/mol. The number of sulfonamides is 1. The lowest BCUT2D eigenvalue weighted by Gasteiger charge is -2.30. The lowest BCUT2D eigenvalue weighted by molar-refractivity contribution is 0.0102. The molecule has 0 spiro atoms. The molecule has 1 fully saturated rings. The number of aryl methyl sites for hydroxylation is 1. The van der Waals surface area contributed by atoms with Crippen LogP contribution in [0.1, 0.15) is 12.5 Å². The van der Waals surface area contributed by atoms with Crippen molar-refractivity contribution in [2.24, 2.45) is 0 Å². The number of hydrogen-bond donors (Lipinski definition) is 0. The summed E-state index contributed by atoms with van der Waals surface area (Å²) >= 11 is 0. The van der Waals surface area contributed by atoms with E-state index in [4.69, 9.17) is 4.74 Å². The van der Waals surface area contributed by atoms with E-state index in [-0.39, 0.29) is 6.10 Å². The molecule has 1 aromatic rings. The van der Waals surface area contributed by atoms with Crippen LogP contribution in [-0.2, 0) is 14.8 Å². The number of morpholine rings is 1. The fraction of sp³-hybridized carbons (Fsp3) is 0.500. The summed E-state index contributed by atoms with van der Waals surface area (Å²) in [5.41, 5.74) is 1.05. The van der Waals surface area contributed by atoms with Crippen LogP contribution in [-0.4, -0.2) is 38.5 Å². The highest BCUT2D eigenvalue weighted by Gasteiger charge is 2.28. The molecule has 94 valence electrons. The van der Waals surface area contributed by atoms with E-state index < -0.39 is 10.0 Å². The number of rotatable bonds is 2. The van der Waals surface area contributed by atoms with Crippen LogP contribution in [0.2, 0.25) is 0 Å². The molecule has 1 aliphatic heterocycles. The van der Waals surface area contributed by atoms with Gasteiger partial charge in [0, 0.05) is 13.1 Å². The highest BCUT2D eigenvalue weighted by atomic mass is 32.2. The molecule has 4 nitrogen and oxygen atoms in total. The molecule has 0 unspecified atom stereocenters. The van der Waals surface area contributed by atoms with Gasteiger partial charge in [0.25, 0.3) is 0 Å². The van der Waals surface area contributed by atoms with Gasteiger partial charge in [-0.3, -0.25) is 0 Å². The molecule has 1 atom stereocenters. The molecule has 0 amide bonds. The van der Waals surface area contributed by atoms with E-state index >= 15 is 0 Å². The molecule has 0 aromatic heterocycles. The fourth-order valence-corrected chi connectivity index (χ4v) is 3.36. The zero-order valence-corrected chi connectivity index (χ0v) is 10.9. The topological polar surface area (TPSA) is 46.6 Å². The Kier molecular flexibility index (Phi) is 3.51. The van der Waals surface area contributed by atoms with Crippen LogP contribution in [0.4, 0.5) is 0 Å². The normalized spacial score (nSPS) is 22.6. The smallest absolute Gasteiger partial charge is 0.243 e. The standard InChI is InChI=1S/C12H17NO3S/c1-10-3-5-12(6-4-10)17(14,15)13-7-8-16-11(2)9-13/h3-6,11H,7-9H2,1-2H3/t11-/m0/s1. The second-order valence-corrected chi connectivity index (χ2v) is 6.30. The van der Waals surface area contributed by atoms with E-state index in [1.54, 1.807) is 12.1 Å². The first-order valence-corrected chi connectivity index (χ1v) is 7.12. The van der Waals surface area contributed by atoms with Crippen molar-refractivity contribution in [2.75, 3.05) is 19.7 Å². The van der Waals surface area contributed by atoms with E-state index in [1.165, 1.54) is 4.31 Å². The van der Waals surface area contributed by atoms with Crippen LogP contribution in [0.3, 0.4) is 0 Å². The van der Waals surface area contributed by atoms with Crippen molar-refractivity contribution < 1.29 is 13.2 Å². The van der Waals surface area contributed by atoms with Gasteiger partial charge in [0.15, 0.2) is 0 Å². The Hall–Kier alpha value is -0.910. The molecular weight excluding hydrogens is 238 g/mol. The van der Waals surface area contributed by atoms with Crippen molar-refractivity contribution in [1.82, 2.24) is 4.31 Å². The van der Waals surface area contributed by atoms with Gasteiger partial charge in [0.1, 0.15) is 0 Å². The van der Waals surface area contributed by atoms with Crippen molar-refractivity contribution in [1.29, 1.82) is 0 Å². The van der Waals surface area contributed by atoms with Crippen LogP contribution in [0.25, 0.3) is 0 Å². The Bertz CT molecular complexity index is 481. The quantitative estimate of drug-likeness (QED) is 0.802. The second kappa shape index (κ2) is 4.76. The number of nitrogens with zero attached hydrogens (tertiary/aromatic N) is 1. The molecular formula is C12H17NO3S. The van der Waals surface area contributed by atoms with Crippen LogP contribution in [0, 0.1) is 6.92 Å². The largest absolute Gasteiger partial charge is 0.376 e. The Labute approximate surface area is 102 Å². The van der Waals surface area contributed by atoms with Crippen LogP contribution >= 0.6 is 0 Å². The van der Waals surface area contributed by atoms with Gasteiger partial charge in [-0.15, -0.1) is 0 Å². The summed E-state index contributed by atoms with van der Waals surface area (Å²) in [4.78, 5) is 0.359. The molecule has 1 heterocycles. The summed E-state index contributed by atoms with van der Waals surface area (Å²) in [7, 11) is -3.36. The van der Waals surface area contributed by atoms with Gasteiger partial charge in [0.2, 0.25) is 10.0 Å². The van der Waals surface area contributed by atoms with E-state index in [2.05, 4.69) is 0 Å². The number of benzene rings is 1. The maximum Gasteiger partial charge on any atom is 0.243 e. The molecule has 1 saturated heterocycles. The summed E-state index contributed by atoms with van der Waals surface area (Å²) in [5, 5.41) is 0. The highest BCUT2D eigenvalue weighted by Crippen LogP contribution is 2.18. The Balaban J connectivity index is 2.26. The number of hydrogen-bond acceptors (Lipinski definition) is 3. The van der Waals surface area contributed by atoms with Gasteiger partial charge >= 0.3 is 0 Å². The summed E-state index contributed by atoms with van der Waals surface area (Å²) in [6.07, 6.45) is -0.0380. The summed E-state index contributed by atoms with van der Waals surface area (Å²) in [5.74, 6) is 0. The average molecular weight is 255 g/mol. The third kappa shape index (κ3) is 2.68.